The van der Waals surface area contributed by atoms with Gasteiger partial charge in [-0.2, -0.15) is 0 Å². The SMILES string of the molecule is COc1ccccc1-c1ccc(C(C)NCc2cc(F)c(F)c(F)c2)cc1. The number of methoxy groups -OCH3 is 1. The van der Waals surface area contributed by atoms with Crippen LogP contribution in [0.5, 0.6) is 5.75 Å². The summed E-state index contributed by atoms with van der Waals surface area (Å²) in [5, 5.41) is 3.19. The zero-order valence-corrected chi connectivity index (χ0v) is 15.1. The van der Waals surface area contributed by atoms with Gasteiger partial charge in [-0.25, -0.2) is 13.2 Å². The van der Waals surface area contributed by atoms with Gasteiger partial charge in [0.15, 0.2) is 17.5 Å². The van der Waals surface area contributed by atoms with Crippen molar-refractivity contribution in [3.8, 4) is 16.9 Å². The molecule has 0 aliphatic rings. The zero-order valence-electron chi connectivity index (χ0n) is 15.1. The van der Waals surface area contributed by atoms with Crippen molar-refractivity contribution in [1.29, 1.82) is 0 Å². The first-order valence-corrected chi connectivity index (χ1v) is 8.59. The van der Waals surface area contributed by atoms with E-state index >= 15 is 0 Å². The minimum atomic E-state index is -1.45. The summed E-state index contributed by atoms with van der Waals surface area (Å²) in [6, 6.07) is 17.7. The number of benzene rings is 3. The van der Waals surface area contributed by atoms with E-state index in [1.807, 2.05) is 55.5 Å². The molecule has 0 aromatic heterocycles. The monoisotopic (exact) mass is 371 g/mol. The van der Waals surface area contributed by atoms with E-state index in [-0.39, 0.29) is 12.6 Å². The molecular weight excluding hydrogens is 351 g/mol. The van der Waals surface area contributed by atoms with Crippen LogP contribution in [0, 0.1) is 17.5 Å². The first-order valence-electron chi connectivity index (χ1n) is 8.59. The molecule has 0 fully saturated rings. The lowest BCUT2D eigenvalue weighted by Gasteiger charge is -2.16. The number of ether oxygens (including phenoxy) is 1. The zero-order chi connectivity index (χ0) is 19.4. The van der Waals surface area contributed by atoms with Gasteiger partial charge in [0.1, 0.15) is 5.75 Å². The van der Waals surface area contributed by atoms with Gasteiger partial charge in [0, 0.05) is 18.2 Å². The molecule has 0 saturated carbocycles. The van der Waals surface area contributed by atoms with Gasteiger partial charge in [0.25, 0.3) is 0 Å². The topological polar surface area (TPSA) is 21.3 Å². The smallest absolute Gasteiger partial charge is 0.194 e. The largest absolute Gasteiger partial charge is 0.496 e. The molecule has 1 N–H and O–H groups in total. The Morgan fingerprint density at radius 1 is 0.926 bits per heavy atom. The summed E-state index contributed by atoms with van der Waals surface area (Å²) >= 11 is 0. The lowest BCUT2D eigenvalue weighted by Crippen LogP contribution is -2.18. The van der Waals surface area contributed by atoms with Crippen molar-refractivity contribution in [2.24, 2.45) is 0 Å². The molecule has 3 aromatic rings. The fourth-order valence-corrected chi connectivity index (χ4v) is 2.93. The van der Waals surface area contributed by atoms with E-state index < -0.39 is 17.5 Å². The first-order chi connectivity index (χ1) is 13.0. The minimum absolute atomic E-state index is 0.0482. The Bertz CT molecular complexity index is 902. The minimum Gasteiger partial charge on any atom is -0.496 e. The van der Waals surface area contributed by atoms with Crippen molar-refractivity contribution in [1.82, 2.24) is 5.32 Å². The van der Waals surface area contributed by atoms with Crippen LogP contribution in [0.4, 0.5) is 13.2 Å². The maximum Gasteiger partial charge on any atom is 0.194 e. The fraction of sp³-hybridized carbons (Fsp3) is 0.182. The molecule has 0 radical (unpaired) electrons. The molecule has 0 aliphatic heterocycles. The predicted octanol–water partition coefficient (Wildman–Crippen LogP) is 5.63. The van der Waals surface area contributed by atoms with Gasteiger partial charge in [-0.15, -0.1) is 0 Å². The summed E-state index contributed by atoms with van der Waals surface area (Å²) in [5.74, 6) is -3.00. The van der Waals surface area contributed by atoms with Crippen LogP contribution in [-0.4, -0.2) is 7.11 Å². The molecule has 0 saturated heterocycles. The Kier molecular flexibility index (Phi) is 5.81. The van der Waals surface area contributed by atoms with Crippen LogP contribution in [0.25, 0.3) is 11.1 Å². The molecule has 3 rings (SSSR count). The maximum atomic E-state index is 13.3. The normalized spacial score (nSPS) is 12.0. The molecule has 1 unspecified atom stereocenters. The van der Waals surface area contributed by atoms with E-state index in [9.17, 15) is 13.2 Å². The second kappa shape index (κ2) is 8.27. The molecule has 2 nitrogen and oxygen atoms in total. The van der Waals surface area contributed by atoms with Crippen LogP contribution in [0.2, 0.25) is 0 Å². The van der Waals surface area contributed by atoms with Gasteiger partial charge in [-0.3, -0.25) is 0 Å². The van der Waals surface area contributed by atoms with Gasteiger partial charge in [0.2, 0.25) is 0 Å². The standard InChI is InChI=1S/C22H20F3NO/c1-14(26-13-15-11-19(23)22(25)20(24)12-15)16-7-9-17(10-8-16)18-5-3-4-6-21(18)27-2/h3-12,14,26H,13H2,1-2H3. The van der Waals surface area contributed by atoms with Crippen LogP contribution in [-0.2, 0) is 6.54 Å². The van der Waals surface area contributed by atoms with E-state index in [4.69, 9.17) is 4.74 Å². The Hall–Kier alpha value is -2.79. The second-order valence-electron chi connectivity index (χ2n) is 6.30. The quantitative estimate of drug-likeness (QED) is 0.567. The summed E-state index contributed by atoms with van der Waals surface area (Å²) in [6.07, 6.45) is 0. The fourth-order valence-electron chi connectivity index (χ4n) is 2.93. The Labute approximate surface area is 156 Å². The van der Waals surface area contributed by atoms with E-state index in [2.05, 4.69) is 5.32 Å². The number of hydrogen-bond donors (Lipinski definition) is 1. The maximum absolute atomic E-state index is 13.3. The highest BCUT2D eigenvalue weighted by Crippen LogP contribution is 2.30. The predicted molar refractivity (Wildman–Crippen MR) is 100 cm³/mol. The summed E-state index contributed by atoms with van der Waals surface area (Å²) < 4.78 is 45.0. The molecule has 0 spiro atoms. The molecule has 3 aromatic carbocycles. The molecule has 1 atom stereocenters. The molecule has 140 valence electrons. The third kappa shape index (κ3) is 4.31. The molecule has 0 heterocycles. The van der Waals surface area contributed by atoms with E-state index in [0.29, 0.717) is 5.56 Å². The summed E-state index contributed by atoms with van der Waals surface area (Å²) in [4.78, 5) is 0. The summed E-state index contributed by atoms with van der Waals surface area (Å²) in [6.45, 7) is 2.18. The number of hydrogen-bond acceptors (Lipinski definition) is 2. The molecule has 0 amide bonds. The van der Waals surface area contributed by atoms with Crippen molar-refractivity contribution < 1.29 is 17.9 Å². The van der Waals surface area contributed by atoms with Gasteiger partial charge in [0.05, 0.1) is 7.11 Å². The van der Waals surface area contributed by atoms with Crippen LogP contribution in [0.3, 0.4) is 0 Å². The highest BCUT2D eigenvalue weighted by molar-refractivity contribution is 5.70. The van der Waals surface area contributed by atoms with Crippen LogP contribution < -0.4 is 10.1 Å². The highest BCUT2D eigenvalue weighted by Gasteiger charge is 2.12. The molecule has 0 aliphatic carbocycles. The third-order valence-electron chi connectivity index (χ3n) is 4.48. The van der Waals surface area contributed by atoms with E-state index in [0.717, 1.165) is 34.6 Å². The molecule has 27 heavy (non-hydrogen) atoms. The molecule has 0 bridgehead atoms. The average molecular weight is 371 g/mol. The van der Waals surface area contributed by atoms with Crippen molar-refractivity contribution >= 4 is 0 Å². The van der Waals surface area contributed by atoms with Gasteiger partial charge in [-0.1, -0.05) is 42.5 Å². The van der Waals surface area contributed by atoms with Crippen molar-refractivity contribution in [3.05, 3.63) is 89.2 Å². The van der Waals surface area contributed by atoms with Crippen LogP contribution in [0.15, 0.2) is 60.7 Å². The number of para-hydroxylation sites is 1. The van der Waals surface area contributed by atoms with Gasteiger partial charge >= 0.3 is 0 Å². The highest BCUT2D eigenvalue weighted by atomic mass is 19.2. The number of halogens is 3. The van der Waals surface area contributed by atoms with Crippen LogP contribution in [0.1, 0.15) is 24.1 Å². The Morgan fingerprint density at radius 3 is 2.19 bits per heavy atom. The Balaban J connectivity index is 1.70. The Morgan fingerprint density at radius 2 is 1.56 bits per heavy atom. The lowest BCUT2D eigenvalue weighted by molar-refractivity contribution is 0.416. The van der Waals surface area contributed by atoms with Crippen molar-refractivity contribution in [2.45, 2.75) is 19.5 Å². The van der Waals surface area contributed by atoms with Crippen molar-refractivity contribution in [3.63, 3.8) is 0 Å². The second-order valence-corrected chi connectivity index (χ2v) is 6.30. The number of rotatable bonds is 6. The first kappa shape index (κ1) is 19.0. The van der Waals surface area contributed by atoms with Crippen molar-refractivity contribution in [2.75, 3.05) is 7.11 Å². The lowest BCUT2D eigenvalue weighted by atomic mass is 10.0. The molecule has 5 heteroatoms. The van der Waals surface area contributed by atoms with E-state index in [1.165, 1.54) is 0 Å². The summed E-state index contributed by atoms with van der Waals surface area (Å²) in [7, 11) is 1.64. The summed E-state index contributed by atoms with van der Waals surface area (Å²) in [5.41, 5.74) is 3.41. The van der Waals surface area contributed by atoms with Gasteiger partial charge in [-0.05, 0) is 41.8 Å². The number of nitrogens with one attached hydrogen (secondary N) is 1. The van der Waals surface area contributed by atoms with Gasteiger partial charge < -0.3 is 10.1 Å². The third-order valence-corrected chi connectivity index (χ3v) is 4.48. The van der Waals surface area contributed by atoms with Crippen LogP contribution >= 0.6 is 0 Å². The van der Waals surface area contributed by atoms with E-state index in [1.54, 1.807) is 7.11 Å². The molecular formula is C22H20F3NO. The average Bonchev–Trinajstić information content (AvgIpc) is 2.70.